The fraction of sp³-hybridized carbons (Fsp3) is 0.444. The lowest BCUT2D eigenvalue weighted by molar-refractivity contribution is 0.568. The Balaban J connectivity index is 0.000000720. The monoisotopic (exact) mass is 220 g/mol. The number of aromatic nitrogens is 1. The Kier molecular flexibility index (Phi) is 5.30. The van der Waals surface area contributed by atoms with Gasteiger partial charge in [0.25, 0.3) is 0 Å². The SMILES string of the molecule is Cl.Cl.NC1CCCc2cnccc21. The van der Waals surface area contributed by atoms with Gasteiger partial charge in [-0.05, 0) is 36.5 Å². The summed E-state index contributed by atoms with van der Waals surface area (Å²) in [4.78, 5) is 4.08. The van der Waals surface area contributed by atoms with Crippen molar-refractivity contribution in [1.82, 2.24) is 4.98 Å². The molecule has 2 rings (SSSR count). The number of pyridine rings is 1. The van der Waals surface area contributed by atoms with Crippen molar-refractivity contribution in [2.24, 2.45) is 5.73 Å². The quantitative estimate of drug-likeness (QED) is 0.729. The molecule has 1 heterocycles. The zero-order valence-corrected chi connectivity index (χ0v) is 8.90. The number of halogens is 2. The van der Waals surface area contributed by atoms with Crippen LogP contribution in [0.3, 0.4) is 0 Å². The molecule has 1 aliphatic rings. The van der Waals surface area contributed by atoms with Crippen LogP contribution in [0.15, 0.2) is 18.5 Å². The van der Waals surface area contributed by atoms with E-state index >= 15 is 0 Å². The molecule has 0 aliphatic heterocycles. The Bertz CT molecular complexity index is 266. The van der Waals surface area contributed by atoms with Gasteiger partial charge in [0, 0.05) is 18.4 Å². The highest BCUT2D eigenvalue weighted by Gasteiger charge is 2.15. The maximum absolute atomic E-state index is 5.92. The Morgan fingerprint density at radius 3 is 2.85 bits per heavy atom. The summed E-state index contributed by atoms with van der Waals surface area (Å²) in [6, 6.07) is 2.29. The van der Waals surface area contributed by atoms with Gasteiger partial charge in [-0.15, -0.1) is 24.8 Å². The van der Waals surface area contributed by atoms with Crippen molar-refractivity contribution in [3.63, 3.8) is 0 Å². The van der Waals surface area contributed by atoms with Gasteiger partial charge in [0.2, 0.25) is 0 Å². The van der Waals surface area contributed by atoms with Crippen LogP contribution in [-0.2, 0) is 6.42 Å². The number of hydrogen-bond donors (Lipinski definition) is 1. The molecule has 0 aromatic carbocycles. The van der Waals surface area contributed by atoms with Gasteiger partial charge >= 0.3 is 0 Å². The maximum Gasteiger partial charge on any atom is 0.0303 e. The Hall–Kier alpha value is -0.310. The van der Waals surface area contributed by atoms with E-state index < -0.39 is 0 Å². The summed E-state index contributed by atoms with van der Waals surface area (Å²) in [5.41, 5.74) is 8.56. The second kappa shape index (κ2) is 5.43. The molecule has 0 spiro atoms. The van der Waals surface area contributed by atoms with E-state index in [9.17, 15) is 0 Å². The highest BCUT2D eigenvalue weighted by Crippen LogP contribution is 2.26. The van der Waals surface area contributed by atoms with Crippen LogP contribution in [0.1, 0.15) is 30.0 Å². The first-order valence-electron chi connectivity index (χ1n) is 4.06. The zero-order valence-electron chi connectivity index (χ0n) is 7.27. The van der Waals surface area contributed by atoms with Crippen LogP contribution in [0.2, 0.25) is 0 Å². The summed E-state index contributed by atoms with van der Waals surface area (Å²) in [5, 5.41) is 0. The largest absolute Gasteiger partial charge is 0.324 e. The predicted octanol–water partition coefficient (Wildman–Crippen LogP) is 2.26. The fourth-order valence-electron chi connectivity index (χ4n) is 1.68. The fourth-order valence-corrected chi connectivity index (χ4v) is 1.68. The first kappa shape index (κ1) is 12.7. The van der Waals surface area contributed by atoms with Gasteiger partial charge in [0.15, 0.2) is 0 Å². The molecule has 2 nitrogen and oxygen atoms in total. The Labute approximate surface area is 90.8 Å². The van der Waals surface area contributed by atoms with Crippen LogP contribution in [0.5, 0.6) is 0 Å². The summed E-state index contributed by atoms with van der Waals surface area (Å²) in [6.07, 6.45) is 7.24. The van der Waals surface area contributed by atoms with Crippen LogP contribution in [-0.4, -0.2) is 4.98 Å². The molecule has 74 valence electrons. The number of nitrogens with zero attached hydrogens (tertiary/aromatic N) is 1. The summed E-state index contributed by atoms with van der Waals surface area (Å²) in [6.45, 7) is 0. The van der Waals surface area contributed by atoms with Crippen molar-refractivity contribution < 1.29 is 0 Å². The molecule has 0 fully saturated rings. The molecule has 0 saturated heterocycles. The van der Waals surface area contributed by atoms with Crippen molar-refractivity contribution in [2.45, 2.75) is 25.3 Å². The van der Waals surface area contributed by atoms with Gasteiger partial charge in [-0.1, -0.05) is 0 Å². The molecule has 13 heavy (non-hydrogen) atoms. The number of nitrogens with two attached hydrogens (primary N) is 1. The third-order valence-electron chi connectivity index (χ3n) is 2.30. The minimum atomic E-state index is 0. The zero-order chi connectivity index (χ0) is 7.68. The molecule has 1 atom stereocenters. The van der Waals surface area contributed by atoms with E-state index in [4.69, 9.17) is 5.73 Å². The lowest BCUT2D eigenvalue weighted by Crippen LogP contribution is -2.17. The molecule has 0 amide bonds. The van der Waals surface area contributed by atoms with E-state index in [0.717, 1.165) is 12.8 Å². The minimum absolute atomic E-state index is 0. The maximum atomic E-state index is 5.92. The summed E-state index contributed by atoms with van der Waals surface area (Å²) in [7, 11) is 0. The number of aryl methyl sites for hydroxylation is 1. The van der Waals surface area contributed by atoms with E-state index in [-0.39, 0.29) is 30.9 Å². The topological polar surface area (TPSA) is 38.9 Å². The van der Waals surface area contributed by atoms with E-state index in [1.807, 2.05) is 18.5 Å². The number of rotatable bonds is 0. The third-order valence-corrected chi connectivity index (χ3v) is 2.30. The first-order chi connectivity index (χ1) is 5.38. The number of fused-ring (bicyclic) bond motifs is 1. The highest BCUT2D eigenvalue weighted by molar-refractivity contribution is 5.85. The normalized spacial score (nSPS) is 19.3. The van der Waals surface area contributed by atoms with E-state index in [1.165, 1.54) is 17.5 Å². The van der Waals surface area contributed by atoms with E-state index in [2.05, 4.69) is 4.98 Å². The van der Waals surface area contributed by atoms with Crippen LogP contribution >= 0.6 is 24.8 Å². The smallest absolute Gasteiger partial charge is 0.0303 e. The van der Waals surface area contributed by atoms with Crippen molar-refractivity contribution in [3.05, 3.63) is 29.6 Å². The molecule has 1 aromatic heterocycles. The van der Waals surface area contributed by atoms with Crippen LogP contribution in [0.25, 0.3) is 0 Å². The molecule has 1 aromatic rings. The average Bonchev–Trinajstić information content (AvgIpc) is 2.06. The van der Waals surface area contributed by atoms with Crippen molar-refractivity contribution in [1.29, 1.82) is 0 Å². The van der Waals surface area contributed by atoms with Crippen molar-refractivity contribution in [2.75, 3.05) is 0 Å². The van der Waals surface area contributed by atoms with Gasteiger partial charge in [-0.25, -0.2) is 0 Å². The lowest BCUT2D eigenvalue weighted by atomic mass is 9.90. The third kappa shape index (κ3) is 2.56. The van der Waals surface area contributed by atoms with Gasteiger partial charge in [0.1, 0.15) is 0 Å². The van der Waals surface area contributed by atoms with Gasteiger partial charge < -0.3 is 5.73 Å². The molecule has 0 saturated carbocycles. The molecule has 0 radical (unpaired) electrons. The van der Waals surface area contributed by atoms with Crippen molar-refractivity contribution in [3.8, 4) is 0 Å². The molecule has 0 bridgehead atoms. The van der Waals surface area contributed by atoms with Crippen molar-refractivity contribution >= 4 is 24.8 Å². The molecule has 4 heteroatoms. The second-order valence-electron chi connectivity index (χ2n) is 3.07. The molecular formula is C9H14Cl2N2. The Morgan fingerprint density at radius 2 is 2.15 bits per heavy atom. The molecule has 1 unspecified atom stereocenters. The number of hydrogen-bond acceptors (Lipinski definition) is 2. The summed E-state index contributed by atoms with van der Waals surface area (Å²) in [5.74, 6) is 0. The lowest BCUT2D eigenvalue weighted by Gasteiger charge is -2.20. The summed E-state index contributed by atoms with van der Waals surface area (Å²) < 4.78 is 0. The summed E-state index contributed by atoms with van der Waals surface area (Å²) >= 11 is 0. The van der Waals surface area contributed by atoms with Crippen LogP contribution < -0.4 is 5.73 Å². The minimum Gasteiger partial charge on any atom is -0.324 e. The molecule has 1 aliphatic carbocycles. The Morgan fingerprint density at radius 1 is 1.38 bits per heavy atom. The van der Waals surface area contributed by atoms with E-state index in [1.54, 1.807) is 0 Å². The molecular weight excluding hydrogens is 207 g/mol. The highest BCUT2D eigenvalue weighted by atomic mass is 35.5. The van der Waals surface area contributed by atoms with Crippen LogP contribution in [0.4, 0.5) is 0 Å². The van der Waals surface area contributed by atoms with Gasteiger partial charge in [0.05, 0.1) is 0 Å². The predicted molar refractivity (Wildman–Crippen MR) is 58.6 cm³/mol. The van der Waals surface area contributed by atoms with Crippen LogP contribution in [0, 0.1) is 0 Å². The second-order valence-corrected chi connectivity index (χ2v) is 3.07. The standard InChI is InChI=1S/C9H12N2.2ClH/c10-9-3-1-2-7-6-11-5-4-8(7)9;;/h4-6,9H,1-3,10H2;2*1H. The van der Waals surface area contributed by atoms with Gasteiger partial charge in [-0.3, -0.25) is 4.98 Å². The first-order valence-corrected chi connectivity index (χ1v) is 4.06. The molecule has 2 N–H and O–H groups in total. The van der Waals surface area contributed by atoms with E-state index in [0.29, 0.717) is 0 Å². The van der Waals surface area contributed by atoms with Gasteiger partial charge in [-0.2, -0.15) is 0 Å². The average molecular weight is 221 g/mol.